The highest BCUT2D eigenvalue weighted by Crippen LogP contribution is 2.28. The maximum Gasteiger partial charge on any atom is 0.331 e. The summed E-state index contributed by atoms with van der Waals surface area (Å²) in [6.45, 7) is 1.70. The number of rotatable bonds is 2. The number of carbonyl (C=O) groups is 1. The van der Waals surface area contributed by atoms with Gasteiger partial charge in [-0.25, -0.2) is 14.8 Å². The number of amides is 2. The number of carbonyl (C=O) groups excluding carboxylic acids is 1. The minimum Gasteiger partial charge on any atom is -0.304 e. The zero-order valence-electron chi connectivity index (χ0n) is 12.4. The number of urea groups is 1. The van der Waals surface area contributed by atoms with E-state index in [0.717, 1.165) is 0 Å². The number of benzene rings is 1. The molecule has 2 aromatic rings. The molecule has 0 atom stereocenters. The largest absolute Gasteiger partial charge is 0.331 e. The highest BCUT2D eigenvalue weighted by Gasteiger charge is 2.25. The molecule has 1 aromatic carbocycles. The summed E-state index contributed by atoms with van der Waals surface area (Å²) in [6.07, 6.45) is 0. The Morgan fingerprint density at radius 1 is 1.04 bits per heavy atom. The van der Waals surface area contributed by atoms with E-state index in [1.54, 1.807) is 31.2 Å². The van der Waals surface area contributed by atoms with Crippen molar-refractivity contribution in [3.8, 4) is 0 Å². The van der Waals surface area contributed by atoms with Gasteiger partial charge in [0.1, 0.15) is 16.1 Å². The molecule has 0 saturated heterocycles. The molecule has 2 heterocycles. The fraction of sp³-hybridized carbons (Fsp3) is 0.0625. The third-order valence-electron chi connectivity index (χ3n) is 3.29. The molecule has 0 bridgehead atoms. The molecule has 0 fully saturated rings. The number of aliphatic imine (C=N–C) groups is 1. The van der Waals surface area contributed by atoms with Crippen molar-refractivity contribution in [3.05, 3.63) is 63.5 Å². The van der Waals surface area contributed by atoms with E-state index in [0.29, 0.717) is 22.8 Å². The van der Waals surface area contributed by atoms with Crippen LogP contribution >= 0.6 is 34.8 Å². The summed E-state index contributed by atoms with van der Waals surface area (Å²) in [4.78, 5) is 22.3. The van der Waals surface area contributed by atoms with E-state index in [1.807, 2.05) is 18.2 Å². The molecule has 1 N–H and O–H groups in total. The highest BCUT2D eigenvalue weighted by molar-refractivity contribution is 6.36. The van der Waals surface area contributed by atoms with Crippen molar-refractivity contribution < 1.29 is 4.79 Å². The molecule has 2 amide bonds. The molecule has 0 radical (unpaired) electrons. The van der Waals surface area contributed by atoms with Crippen molar-refractivity contribution in [1.82, 2.24) is 10.3 Å². The second-order valence-corrected chi connectivity index (χ2v) is 6.06. The van der Waals surface area contributed by atoms with Crippen LogP contribution in [0.15, 0.2) is 52.6 Å². The number of pyridine rings is 1. The van der Waals surface area contributed by atoms with Crippen LogP contribution in [-0.2, 0) is 0 Å². The summed E-state index contributed by atoms with van der Waals surface area (Å²) in [5.74, 6) is 0.435. The number of anilines is 1. The minimum absolute atomic E-state index is 0.123. The number of halogens is 3. The third-order valence-corrected chi connectivity index (χ3v) is 3.95. The van der Waals surface area contributed by atoms with Crippen LogP contribution in [0.3, 0.4) is 0 Å². The second-order valence-electron chi connectivity index (χ2n) is 4.93. The van der Waals surface area contributed by atoms with E-state index in [-0.39, 0.29) is 15.5 Å². The maximum absolute atomic E-state index is 12.7. The third kappa shape index (κ3) is 3.38. The van der Waals surface area contributed by atoms with E-state index < -0.39 is 6.03 Å². The fourth-order valence-electron chi connectivity index (χ4n) is 2.29. The van der Waals surface area contributed by atoms with Crippen molar-refractivity contribution in [2.45, 2.75) is 6.92 Å². The van der Waals surface area contributed by atoms with Crippen LogP contribution in [0.5, 0.6) is 0 Å². The molecule has 5 nitrogen and oxygen atoms in total. The second kappa shape index (κ2) is 6.81. The Bertz CT molecular complexity index is 845. The van der Waals surface area contributed by atoms with Gasteiger partial charge in [-0.3, -0.25) is 4.90 Å². The average Bonchev–Trinajstić information content (AvgIpc) is 2.63. The van der Waals surface area contributed by atoms with Gasteiger partial charge in [0, 0.05) is 5.56 Å². The van der Waals surface area contributed by atoms with E-state index in [4.69, 9.17) is 34.8 Å². The van der Waals surface area contributed by atoms with E-state index in [9.17, 15) is 4.79 Å². The topological polar surface area (TPSA) is 57.6 Å². The predicted octanol–water partition coefficient (Wildman–Crippen LogP) is 4.90. The first-order chi connectivity index (χ1) is 11.5. The zero-order valence-corrected chi connectivity index (χ0v) is 14.7. The van der Waals surface area contributed by atoms with Crippen LogP contribution in [0.2, 0.25) is 10.3 Å². The van der Waals surface area contributed by atoms with Crippen molar-refractivity contribution in [2.24, 2.45) is 4.99 Å². The smallest absolute Gasteiger partial charge is 0.304 e. The number of nitrogens with zero attached hydrogens (tertiary/aromatic N) is 3. The molecule has 122 valence electrons. The van der Waals surface area contributed by atoms with Gasteiger partial charge in [0.25, 0.3) is 0 Å². The van der Waals surface area contributed by atoms with Crippen LogP contribution in [0.25, 0.3) is 5.70 Å². The molecule has 3 rings (SSSR count). The first-order valence-corrected chi connectivity index (χ1v) is 8.04. The first kappa shape index (κ1) is 16.8. The lowest BCUT2D eigenvalue weighted by Crippen LogP contribution is -2.41. The Hall–Kier alpha value is -2.08. The van der Waals surface area contributed by atoms with Gasteiger partial charge in [-0.1, -0.05) is 53.0 Å². The van der Waals surface area contributed by atoms with E-state index in [2.05, 4.69) is 15.3 Å². The van der Waals surface area contributed by atoms with Gasteiger partial charge in [0.05, 0.1) is 11.4 Å². The molecule has 1 aromatic heterocycles. The molecule has 1 aliphatic rings. The standard InChI is InChI=1S/C16H11Cl3N4O/c1-9-20-15(19)14(10-7-12(17)21-13(18)8-10)22-16(24)23(9)11-5-3-2-4-6-11/h2-8H,1H3,(H,22,24). The van der Waals surface area contributed by atoms with Crippen molar-refractivity contribution in [3.63, 3.8) is 0 Å². The summed E-state index contributed by atoms with van der Waals surface area (Å²) in [6, 6.07) is 11.8. The summed E-state index contributed by atoms with van der Waals surface area (Å²) >= 11 is 18.1. The summed E-state index contributed by atoms with van der Waals surface area (Å²) in [7, 11) is 0. The Morgan fingerprint density at radius 2 is 1.67 bits per heavy atom. The molecule has 0 spiro atoms. The number of hydrogen-bond acceptors (Lipinski definition) is 3. The normalized spacial score (nSPS) is 15.1. The molecule has 0 saturated carbocycles. The number of nitrogens with one attached hydrogen (secondary N) is 1. The summed E-state index contributed by atoms with van der Waals surface area (Å²) < 4.78 is 0. The van der Waals surface area contributed by atoms with Gasteiger partial charge in [-0.15, -0.1) is 0 Å². The van der Waals surface area contributed by atoms with Gasteiger partial charge >= 0.3 is 6.03 Å². The maximum atomic E-state index is 12.7. The zero-order chi connectivity index (χ0) is 17.3. The molecule has 1 aliphatic heterocycles. The molecule has 0 aliphatic carbocycles. The number of para-hydroxylation sites is 1. The molecular formula is C16H11Cl3N4O. The monoisotopic (exact) mass is 380 g/mol. The fourth-order valence-corrected chi connectivity index (χ4v) is 3.03. The number of hydrogen-bond donors (Lipinski definition) is 1. The number of aromatic nitrogens is 1. The van der Waals surface area contributed by atoms with E-state index >= 15 is 0 Å². The van der Waals surface area contributed by atoms with Crippen molar-refractivity contribution in [2.75, 3.05) is 4.90 Å². The van der Waals surface area contributed by atoms with Gasteiger partial charge in [-0.05, 0) is 31.2 Å². The first-order valence-electron chi connectivity index (χ1n) is 6.90. The Labute approximate surface area is 153 Å². The van der Waals surface area contributed by atoms with Crippen LogP contribution in [-0.4, -0.2) is 16.9 Å². The average molecular weight is 382 g/mol. The number of amidine groups is 1. The molecular weight excluding hydrogens is 371 g/mol. The molecule has 8 heteroatoms. The van der Waals surface area contributed by atoms with Gasteiger partial charge in [0.15, 0.2) is 5.16 Å². The summed E-state index contributed by atoms with van der Waals surface area (Å²) in [5.41, 5.74) is 1.50. The SMILES string of the molecule is CC1=NC(Cl)=C(c2cc(Cl)nc(Cl)c2)NC(=O)N1c1ccccc1. The van der Waals surface area contributed by atoms with Crippen LogP contribution < -0.4 is 10.2 Å². The quantitative estimate of drug-likeness (QED) is 0.594. The van der Waals surface area contributed by atoms with Gasteiger partial charge in [0.2, 0.25) is 0 Å². The Balaban J connectivity index is 2.04. The lowest BCUT2D eigenvalue weighted by Gasteiger charge is -2.21. The highest BCUT2D eigenvalue weighted by atomic mass is 35.5. The van der Waals surface area contributed by atoms with Crippen molar-refractivity contribution in [1.29, 1.82) is 0 Å². The predicted molar refractivity (Wildman–Crippen MR) is 97.6 cm³/mol. The lowest BCUT2D eigenvalue weighted by atomic mass is 10.2. The van der Waals surface area contributed by atoms with Gasteiger partial charge in [-0.2, -0.15) is 0 Å². The Morgan fingerprint density at radius 3 is 2.29 bits per heavy atom. The molecule has 0 unspecified atom stereocenters. The summed E-state index contributed by atoms with van der Waals surface area (Å²) in [5, 5.41) is 3.25. The Kier molecular flexibility index (Phi) is 4.76. The van der Waals surface area contributed by atoms with Crippen LogP contribution in [0.4, 0.5) is 10.5 Å². The van der Waals surface area contributed by atoms with E-state index in [1.165, 1.54) is 4.90 Å². The molecule has 24 heavy (non-hydrogen) atoms. The minimum atomic E-state index is -0.392. The van der Waals surface area contributed by atoms with Crippen LogP contribution in [0, 0.1) is 0 Å². The van der Waals surface area contributed by atoms with Crippen molar-refractivity contribution >= 4 is 58.1 Å². The van der Waals surface area contributed by atoms with Crippen LogP contribution in [0.1, 0.15) is 12.5 Å². The lowest BCUT2D eigenvalue weighted by molar-refractivity contribution is 0.252. The van der Waals surface area contributed by atoms with Gasteiger partial charge < -0.3 is 5.32 Å².